The Labute approximate surface area is 114 Å². The van der Waals surface area contributed by atoms with Gasteiger partial charge in [-0.2, -0.15) is 4.98 Å². The second-order valence-corrected chi connectivity index (χ2v) is 5.48. The fourth-order valence-corrected chi connectivity index (χ4v) is 2.60. The minimum absolute atomic E-state index is 0.0820. The molecule has 1 aliphatic rings. The molecule has 6 nitrogen and oxygen atoms in total. The Balaban J connectivity index is 1.61. The number of rotatable bonds is 5. The van der Waals surface area contributed by atoms with Gasteiger partial charge in [0.1, 0.15) is 10.6 Å². The lowest BCUT2D eigenvalue weighted by Crippen LogP contribution is -2.27. The van der Waals surface area contributed by atoms with Crippen LogP contribution < -0.4 is 16.4 Å². The minimum Gasteiger partial charge on any atom is -0.369 e. The van der Waals surface area contributed by atoms with Gasteiger partial charge < -0.3 is 16.4 Å². The number of hydrogen-bond acceptors (Lipinski definition) is 6. The maximum Gasteiger partial charge on any atom is 0.223 e. The summed E-state index contributed by atoms with van der Waals surface area (Å²) in [6.45, 7) is 0.542. The van der Waals surface area contributed by atoms with Crippen molar-refractivity contribution < 1.29 is 4.79 Å². The van der Waals surface area contributed by atoms with Gasteiger partial charge in [-0.1, -0.05) is 0 Å². The van der Waals surface area contributed by atoms with Crippen molar-refractivity contribution in [2.45, 2.75) is 25.3 Å². The van der Waals surface area contributed by atoms with Gasteiger partial charge in [-0.3, -0.25) is 4.79 Å². The van der Waals surface area contributed by atoms with Gasteiger partial charge in [0.2, 0.25) is 11.9 Å². The number of nitrogens with two attached hydrogens (primary N) is 1. The van der Waals surface area contributed by atoms with Gasteiger partial charge in [0, 0.05) is 19.0 Å². The molecule has 0 bridgehead atoms. The Morgan fingerprint density at radius 1 is 1.47 bits per heavy atom. The van der Waals surface area contributed by atoms with Crippen molar-refractivity contribution in [3.63, 3.8) is 0 Å². The van der Waals surface area contributed by atoms with Gasteiger partial charge in [0.05, 0.1) is 5.39 Å². The van der Waals surface area contributed by atoms with E-state index in [0.29, 0.717) is 24.8 Å². The molecular weight excluding hydrogens is 262 g/mol. The summed E-state index contributed by atoms with van der Waals surface area (Å²) >= 11 is 1.52. The van der Waals surface area contributed by atoms with E-state index < -0.39 is 0 Å². The van der Waals surface area contributed by atoms with Crippen LogP contribution >= 0.6 is 11.3 Å². The fraction of sp³-hybridized carbons (Fsp3) is 0.417. The number of amides is 1. The number of aromatic nitrogens is 2. The van der Waals surface area contributed by atoms with Crippen LogP contribution in [0.3, 0.4) is 0 Å². The summed E-state index contributed by atoms with van der Waals surface area (Å²) in [5.41, 5.74) is 5.65. The first-order chi connectivity index (χ1) is 9.22. The fourth-order valence-electron chi connectivity index (χ4n) is 1.83. The van der Waals surface area contributed by atoms with Crippen molar-refractivity contribution in [3.05, 3.63) is 11.4 Å². The van der Waals surface area contributed by atoms with Gasteiger partial charge in [0.15, 0.2) is 0 Å². The van der Waals surface area contributed by atoms with Crippen LogP contribution in [0.2, 0.25) is 0 Å². The highest BCUT2D eigenvalue weighted by Crippen LogP contribution is 2.25. The molecule has 3 rings (SSSR count). The molecule has 1 saturated carbocycles. The summed E-state index contributed by atoms with van der Waals surface area (Å²) in [6, 6.07) is 2.36. The number of thiophene rings is 1. The third-order valence-corrected chi connectivity index (χ3v) is 3.74. The Bertz CT molecular complexity index is 607. The quantitative estimate of drug-likeness (QED) is 0.767. The maximum absolute atomic E-state index is 11.6. The second-order valence-electron chi connectivity index (χ2n) is 4.59. The number of nitrogens with zero attached hydrogens (tertiary/aromatic N) is 2. The minimum atomic E-state index is 0.0820. The monoisotopic (exact) mass is 277 g/mol. The van der Waals surface area contributed by atoms with Crippen molar-refractivity contribution in [1.82, 2.24) is 15.3 Å². The smallest absolute Gasteiger partial charge is 0.223 e. The molecule has 2 aromatic rings. The summed E-state index contributed by atoms with van der Waals surface area (Å²) < 4.78 is 0. The first-order valence-electron chi connectivity index (χ1n) is 6.26. The molecule has 1 fully saturated rings. The van der Waals surface area contributed by atoms with E-state index in [1.54, 1.807) is 0 Å². The summed E-state index contributed by atoms with van der Waals surface area (Å²) in [6.07, 6.45) is 2.65. The van der Waals surface area contributed by atoms with Crippen molar-refractivity contribution in [2.24, 2.45) is 0 Å². The van der Waals surface area contributed by atoms with Crippen LogP contribution in [-0.4, -0.2) is 28.5 Å². The van der Waals surface area contributed by atoms with Crippen LogP contribution in [0.4, 0.5) is 11.8 Å². The van der Waals surface area contributed by atoms with Gasteiger partial charge in [-0.05, 0) is 24.3 Å². The van der Waals surface area contributed by atoms with E-state index in [1.807, 2.05) is 11.4 Å². The molecule has 0 saturated heterocycles. The highest BCUT2D eigenvalue weighted by Gasteiger charge is 2.22. The highest BCUT2D eigenvalue weighted by atomic mass is 32.1. The molecule has 0 aliphatic heterocycles. The first-order valence-corrected chi connectivity index (χ1v) is 7.14. The Morgan fingerprint density at radius 3 is 3.11 bits per heavy atom. The number of nitrogens with one attached hydrogen (secondary N) is 2. The van der Waals surface area contributed by atoms with Crippen LogP contribution in [0.15, 0.2) is 11.4 Å². The van der Waals surface area contributed by atoms with E-state index in [4.69, 9.17) is 5.73 Å². The molecule has 1 amide bonds. The number of nitrogen functional groups attached to an aromatic ring is 1. The molecule has 0 unspecified atom stereocenters. The maximum atomic E-state index is 11.6. The van der Waals surface area contributed by atoms with Crippen LogP contribution in [-0.2, 0) is 4.79 Å². The molecule has 2 aromatic heterocycles. The number of anilines is 2. The molecular formula is C12H15N5OS. The number of carbonyl (C=O) groups excluding carboxylic acids is 1. The Kier molecular flexibility index (Phi) is 3.20. The predicted molar refractivity (Wildman–Crippen MR) is 76.1 cm³/mol. The number of hydrogen-bond donors (Lipinski definition) is 3. The van der Waals surface area contributed by atoms with Crippen molar-refractivity contribution >= 4 is 39.2 Å². The predicted octanol–water partition coefficient (Wildman–Crippen LogP) is 1.35. The largest absolute Gasteiger partial charge is 0.369 e. The lowest BCUT2D eigenvalue weighted by molar-refractivity contribution is -0.120. The van der Waals surface area contributed by atoms with E-state index in [9.17, 15) is 4.79 Å². The molecule has 7 heteroatoms. The normalized spacial score (nSPS) is 14.5. The molecule has 0 aromatic carbocycles. The van der Waals surface area contributed by atoms with Crippen LogP contribution in [0.5, 0.6) is 0 Å². The molecule has 4 N–H and O–H groups in total. The van der Waals surface area contributed by atoms with Gasteiger partial charge >= 0.3 is 0 Å². The average Bonchev–Trinajstić information content (AvgIpc) is 3.04. The zero-order chi connectivity index (χ0) is 13.2. The zero-order valence-electron chi connectivity index (χ0n) is 10.3. The van der Waals surface area contributed by atoms with Gasteiger partial charge in [-0.15, -0.1) is 11.3 Å². The topological polar surface area (TPSA) is 92.9 Å². The van der Waals surface area contributed by atoms with E-state index in [2.05, 4.69) is 20.6 Å². The summed E-state index contributed by atoms with van der Waals surface area (Å²) in [5, 5.41) is 9.00. The van der Waals surface area contributed by atoms with Crippen molar-refractivity contribution in [1.29, 1.82) is 0 Å². The number of fused-ring (bicyclic) bond motifs is 1. The SMILES string of the molecule is Nc1nc(NCCC(=O)NC2CC2)c2ccsc2n1. The Hall–Kier alpha value is -1.89. The molecule has 19 heavy (non-hydrogen) atoms. The third-order valence-electron chi connectivity index (χ3n) is 2.93. The van der Waals surface area contributed by atoms with Crippen LogP contribution in [0, 0.1) is 0 Å². The van der Waals surface area contributed by atoms with Crippen molar-refractivity contribution in [2.75, 3.05) is 17.6 Å². The standard InChI is InChI=1S/C12H15N5OS/c13-12-16-10(8-4-6-19-11(8)17-12)14-5-3-9(18)15-7-1-2-7/h4,6-7H,1-3,5H2,(H,15,18)(H3,13,14,16,17). The summed E-state index contributed by atoms with van der Waals surface area (Å²) in [5.74, 6) is 1.03. The van der Waals surface area contributed by atoms with Crippen LogP contribution in [0.1, 0.15) is 19.3 Å². The average molecular weight is 277 g/mol. The molecule has 2 heterocycles. The molecule has 100 valence electrons. The van der Waals surface area contributed by atoms with Gasteiger partial charge in [-0.25, -0.2) is 4.98 Å². The highest BCUT2D eigenvalue weighted by molar-refractivity contribution is 7.16. The van der Waals surface area contributed by atoms with Gasteiger partial charge in [0.25, 0.3) is 0 Å². The van der Waals surface area contributed by atoms with Crippen molar-refractivity contribution in [3.8, 4) is 0 Å². The lowest BCUT2D eigenvalue weighted by atomic mass is 10.3. The number of carbonyl (C=O) groups is 1. The zero-order valence-corrected chi connectivity index (χ0v) is 11.2. The van der Waals surface area contributed by atoms with E-state index in [-0.39, 0.29) is 11.9 Å². The third kappa shape index (κ3) is 2.93. The second kappa shape index (κ2) is 5.00. The molecule has 1 aliphatic carbocycles. The summed E-state index contributed by atoms with van der Waals surface area (Å²) in [4.78, 5) is 20.7. The lowest BCUT2D eigenvalue weighted by Gasteiger charge is -2.07. The van der Waals surface area contributed by atoms with Crippen LogP contribution in [0.25, 0.3) is 10.2 Å². The molecule has 0 spiro atoms. The molecule has 0 radical (unpaired) electrons. The summed E-state index contributed by atoms with van der Waals surface area (Å²) in [7, 11) is 0. The molecule has 0 atom stereocenters. The first kappa shape index (κ1) is 12.2. The van der Waals surface area contributed by atoms with E-state index >= 15 is 0 Å². The van der Waals surface area contributed by atoms with E-state index in [0.717, 1.165) is 23.1 Å². The Morgan fingerprint density at radius 2 is 2.32 bits per heavy atom. The van der Waals surface area contributed by atoms with E-state index in [1.165, 1.54) is 11.3 Å².